The molecule has 1 aromatic carbocycles. The van der Waals surface area contributed by atoms with Gasteiger partial charge in [-0.05, 0) is 28.1 Å². The lowest BCUT2D eigenvalue weighted by atomic mass is 10.2. The lowest BCUT2D eigenvalue weighted by molar-refractivity contribution is 0.0945. The molecule has 0 saturated carbocycles. The predicted molar refractivity (Wildman–Crippen MR) is 66.3 cm³/mol. The number of rotatable bonds is 3. The molecular weight excluding hydrogens is 303 g/mol. The molecule has 94 valence electrons. The van der Waals surface area contributed by atoms with Gasteiger partial charge in [0.25, 0.3) is 5.91 Å². The van der Waals surface area contributed by atoms with E-state index in [9.17, 15) is 9.18 Å². The molecule has 2 rings (SSSR count). The second-order valence-corrected chi connectivity index (χ2v) is 4.50. The van der Waals surface area contributed by atoms with E-state index in [2.05, 4.69) is 31.4 Å². The number of carbonyl (C=O) groups excluding carboxylic acids is 1. The third-order valence-corrected chi connectivity index (χ3v) is 3.02. The van der Waals surface area contributed by atoms with Gasteiger partial charge in [-0.15, -0.1) is 10.2 Å². The molecule has 0 radical (unpaired) electrons. The molecule has 0 aliphatic carbocycles. The maximum atomic E-state index is 13.7. The summed E-state index contributed by atoms with van der Waals surface area (Å²) in [7, 11) is 1.77. The Morgan fingerprint density at radius 1 is 1.56 bits per heavy atom. The van der Waals surface area contributed by atoms with Gasteiger partial charge in [0.2, 0.25) is 0 Å². The van der Waals surface area contributed by atoms with Gasteiger partial charge < -0.3 is 9.88 Å². The Labute approximate surface area is 111 Å². The number of amides is 1. The maximum Gasteiger partial charge on any atom is 0.254 e. The second-order valence-electron chi connectivity index (χ2n) is 3.64. The van der Waals surface area contributed by atoms with Crippen LogP contribution in [0.4, 0.5) is 4.39 Å². The molecule has 0 bridgehead atoms. The minimum absolute atomic E-state index is 0.00783. The molecule has 1 aromatic heterocycles. The van der Waals surface area contributed by atoms with Crippen LogP contribution >= 0.6 is 15.9 Å². The Bertz CT molecular complexity index is 584. The van der Waals surface area contributed by atoms with E-state index in [1.807, 2.05) is 0 Å². The molecule has 5 nitrogen and oxygen atoms in total. The first-order chi connectivity index (χ1) is 8.59. The molecule has 0 spiro atoms. The van der Waals surface area contributed by atoms with Crippen molar-refractivity contribution in [2.45, 2.75) is 6.54 Å². The van der Waals surface area contributed by atoms with Crippen LogP contribution in [0.5, 0.6) is 0 Å². The minimum atomic E-state index is -0.576. The fourth-order valence-corrected chi connectivity index (χ4v) is 1.77. The van der Waals surface area contributed by atoms with E-state index in [-0.39, 0.29) is 16.6 Å². The Kier molecular flexibility index (Phi) is 3.71. The summed E-state index contributed by atoms with van der Waals surface area (Å²) in [5, 5.41) is 10.1. The van der Waals surface area contributed by atoms with Gasteiger partial charge in [-0.3, -0.25) is 4.79 Å². The van der Waals surface area contributed by atoms with Crippen molar-refractivity contribution in [1.82, 2.24) is 20.1 Å². The molecule has 18 heavy (non-hydrogen) atoms. The highest BCUT2D eigenvalue weighted by Gasteiger charge is 2.14. The SMILES string of the molecule is Cn1cnnc1CNC(=O)c1cccc(Br)c1F. The van der Waals surface area contributed by atoms with E-state index in [0.717, 1.165) is 0 Å². The van der Waals surface area contributed by atoms with Gasteiger partial charge in [-0.1, -0.05) is 6.07 Å². The molecule has 0 fully saturated rings. The average Bonchev–Trinajstić information content (AvgIpc) is 2.75. The first-order valence-corrected chi connectivity index (χ1v) is 5.94. The number of carbonyl (C=O) groups is 1. The molecule has 0 aliphatic heterocycles. The van der Waals surface area contributed by atoms with Gasteiger partial charge in [0.1, 0.15) is 12.1 Å². The number of benzene rings is 1. The minimum Gasteiger partial charge on any atom is -0.345 e. The van der Waals surface area contributed by atoms with E-state index in [4.69, 9.17) is 0 Å². The largest absolute Gasteiger partial charge is 0.345 e. The van der Waals surface area contributed by atoms with E-state index in [0.29, 0.717) is 5.82 Å². The van der Waals surface area contributed by atoms with Crippen LogP contribution in [0.3, 0.4) is 0 Å². The van der Waals surface area contributed by atoms with Crippen molar-refractivity contribution in [2.24, 2.45) is 7.05 Å². The van der Waals surface area contributed by atoms with Crippen molar-refractivity contribution in [3.05, 3.63) is 46.2 Å². The number of hydrogen-bond donors (Lipinski definition) is 1. The Hall–Kier alpha value is -1.76. The summed E-state index contributed by atoms with van der Waals surface area (Å²) >= 11 is 3.03. The summed E-state index contributed by atoms with van der Waals surface area (Å²) in [6.45, 7) is 0.196. The average molecular weight is 313 g/mol. The first-order valence-electron chi connectivity index (χ1n) is 5.14. The lowest BCUT2D eigenvalue weighted by Gasteiger charge is -2.06. The van der Waals surface area contributed by atoms with Crippen LogP contribution < -0.4 is 5.32 Å². The zero-order chi connectivity index (χ0) is 13.1. The molecule has 0 saturated heterocycles. The van der Waals surface area contributed by atoms with Crippen molar-refractivity contribution in [2.75, 3.05) is 0 Å². The molecule has 0 aliphatic rings. The van der Waals surface area contributed by atoms with Gasteiger partial charge >= 0.3 is 0 Å². The van der Waals surface area contributed by atoms with E-state index in [1.165, 1.54) is 18.5 Å². The highest BCUT2D eigenvalue weighted by atomic mass is 79.9. The summed E-state index contributed by atoms with van der Waals surface area (Å²) in [5.41, 5.74) is -0.00783. The van der Waals surface area contributed by atoms with Crippen LogP contribution in [-0.2, 0) is 13.6 Å². The van der Waals surface area contributed by atoms with Crippen LogP contribution in [0.2, 0.25) is 0 Å². The highest BCUT2D eigenvalue weighted by molar-refractivity contribution is 9.10. The van der Waals surface area contributed by atoms with E-state index < -0.39 is 11.7 Å². The molecule has 1 N–H and O–H groups in total. The Morgan fingerprint density at radius 3 is 3.00 bits per heavy atom. The zero-order valence-electron chi connectivity index (χ0n) is 9.52. The Morgan fingerprint density at radius 2 is 2.33 bits per heavy atom. The van der Waals surface area contributed by atoms with Crippen LogP contribution in [-0.4, -0.2) is 20.7 Å². The summed E-state index contributed by atoms with van der Waals surface area (Å²) in [6, 6.07) is 4.56. The number of nitrogens with one attached hydrogen (secondary N) is 1. The summed E-state index contributed by atoms with van der Waals surface area (Å²) in [6.07, 6.45) is 1.53. The summed E-state index contributed by atoms with van der Waals surface area (Å²) < 4.78 is 15.6. The number of aromatic nitrogens is 3. The van der Waals surface area contributed by atoms with Crippen LogP contribution in [0.15, 0.2) is 29.0 Å². The highest BCUT2D eigenvalue weighted by Crippen LogP contribution is 2.18. The number of aryl methyl sites for hydroxylation is 1. The van der Waals surface area contributed by atoms with Crippen LogP contribution in [0, 0.1) is 5.82 Å². The topological polar surface area (TPSA) is 59.8 Å². The molecule has 0 atom stereocenters. The van der Waals surface area contributed by atoms with Gasteiger partial charge in [-0.2, -0.15) is 0 Å². The number of halogens is 2. The normalized spacial score (nSPS) is 10.4. The third-order valence-electron chi connectivity index (χ3n) is 2.41. The number of nitrogens with zero attached hydrogens (tertiary/aromatic N) is 3. The van der Waals surface area contributed by atoms with E-state index in [1.54, 1.807) is 17.7 Å². The molecular formula is C11H10BrFN4O. The van der Waals surface area contributed by atoms with Crippen molar-refractivity contribution < 1.29 is 9.18 Å². The second kappa shape index (κ2) is 5.26. The van der Waals surface area contributed by atoms with Crippen LogP contribution in [0.25, 0.3) is 0 Å². The van der Waals surface area contributed by atoms with Gasteiger partial charge in [0.15, 0.2) is 5.82 Å². The monoisotopic (exact) mass is 312 g/mol. The summed E-state index contributed by atoms with van der Waals surface area (Å²) in [5.74, 6) is -0.469. The van der Waals surface area contributed by atoms with Crippen molar-refractivity contribution >= 4 is 21.8 Å². The first kappa shape index (κ1) is 12.7. The fraction of sp³-hybridized carbons (Fsp3) is 0.182. The molecule has 0 unspecified atom stereocenters. The summed E-state index contributed by atoms with van der Waals surface area (Å²) in [4.78, 5) is 11.8. The molecule has 1 amide bonds. The van der Waals surface area contributed by atoms with Crippen molar-refractivity contribution in [3.8, 4) is 0 Å². The quantitative estimate of drug-likeness (QED) is 0.937. The van der Waals surface area contributed by atoms with Gasteiger partial charge in [0.05, 0.1) is 16.6 Å². The molecule has 1 heterocycles. The van der Waals surface area contributed by atoms with Gasteiger partial charge in [-0.25, -0.2) is 4.39 Å². The van der Waals surface area contributed by atoms with Crippen LogP contribution in [0.1, 0.15) is 16.2 Å². The van der Waals surface area contributed by atoms with E-state index >= 15 is 0 Å². The smallest absolute Gasteiger partial charge is 0.254 e. The fourth-order valence-electron chi connectivity index (χ4n) is 1.40. The maximum absolute atomic E-state index is 13.7. The van der Waals surface area contributed by atoms with Gasteiger partial charge in [0, 0.05) is 7.05 Å². The lowest BCUT2D eigenvalue weighted by Crippen LogP contribution is -2.25. The third kappa shape index (κ3) is 2.56. The van der Waals surface area contributed by atoms with Crippen molar-refractivity contribution in [3.63, 3.8) is 0 Å². The predicted octanol–water partition coefficient (Wildman–Crippen LogP) is 1.65. The Balaban J connectivity index is 2.09. The molecule has 7 heteroatoms. The standard InChI is InChI=1S/C11H10BrFN4O/c1-17-6-15-16-9(17)5-14-11(18)7-3-2-4-8(12)10(7)13/h2-4,6H,5H2,1H3,(H,14,18). The zero-order valence-corrected chi connectivity index (χ0v) is 11.1. The number of hydrogen-bond acceptors (Lipinski definition) is 3. The van der Waals surface area contributed by atoms with Crippen molar-refractivity contribution in [1.29, 1.82) is 0 Å². The molecule has 2 aromatic rings.